The van der Waals surface area contributed by atoms with Crippen LogP contribution in [0.5, 0.6) is 0 Å². The van der Waals surface area contributed by atoms with Gasteiger partial charge in [-0.15, -0.1) is 0 Å². The Labute approximate surface area is 88.5 Å². The summed E-state index contributed by atoms with van der Waals surface area (Å²) in [7, 11) is 0. The van der Waals surface area contributed by atoms with Gasteiger partial charge in [-0.1, -0.05) is 0 Å². The van der Waals surface area contributed by atoms with Gasteiger partial charge in [0.25, 0.3) is 0 Å². The summed E-state index contributed by atoms with van der Waals surface area (Å²) in [5.41, 5.74) is -1.44. The Hall–Kier alpha value is -1.85. The molecule has 86 valence electrons. The molecular formula is C10H7F3O3. The number of rotatable bonds is 3. The largest absolute Gasteiger partial charge is 0.481 e. The first-order chi connectivity index (χ1) is 7.34. The van der Waals surface area contributed by atoms with Crippen molar-refractivity contribution in [3.8, 4) is 0 Å². The molecule has 16 heavy (non-hydrogen) atoms. The summed E-state index contributed by atoms with van der Waals surface area (Å²) in [5.74, 6) is -6.76. The van der Waals surface area contributed by atoms with Crippen LogP contribution in [0.25, 0.3) is 0 Å². The van der Waals surface area contributed by atoms with E-state index in [0.29, 0.717) is 6.07 Å². The molecule has 0 unspecified atom stereocenters. The third kappa shape index (κ3) is 2.21. The normalized spacial score (nSPS) is 10.2. The molecule has 1 rings (SSSR count). The first-order valence-electron chi connectivity index (χ1n) is 4.23. The van der Waals surface area contributed by atoms with E-state index in [1.807, 2.05) is 0 Å². The predicted molar refractivity (Wildman–Crippen MR) is 47.6 cm³/mol. The predicted octanol–water partition coefficient (Wildman–Crippen LogP) is 2.07. The Bertz CT molecular complexity index is 469. The molecule has 0 saturated carbocycles. The first kappa shape index (κ1) is 12.2. The van der Waals surface area contributed by atoms with Gasteiger partial charge in [0.15, 0.2) is 17.4 Å². The Morgan fingerprint density at radius 1 is 1.25 bits per heavy atom. The van der Waals surface area contributed by atoms with Gasteiger partial charge in [0.1, 0.15) is 12.2 Å². The van der Waals surface area contributed by atoms with Crippen LogP contribution in [0.1, 0.15) is 22.3 Å². The summed E-state index contributed by atoms with van der Waals surface area (Å²) in [6.45, 7) is 1.01. The Morgan fingerprint density at radius 2 is 1.81 bits per heavy atom. The zero-order valence-electron chi connectivity index (χ0n) is 8.18. The van der Waals surface area contributed by atoms with Gasteiger partial charge in [0, 0.05) is 5.56 Å². The third-order valence-corrected chi connectivity index (χ3v) is 2.00. The van der Waals surface area contributed by atoms with Gasteiger partial charge in [0.05, 0.1) is 5.56 Å². The quantitative estimate of drug-likeness (QED) is 0.493. The molecule has 0 heterocycles. The van der Waals surface area contributed by atoms with Crippen molar-refractivity contribution in [3.05, 3.63) is 34.6 Å². The maximum absolute atomic E-state index is 13.2. The van der Waals surface area contributed by atoms with E-state index in [2.05, 4.69) is 0 Å². The molecule has 0 amide bonds. The molecule has 0 aliphatic rings. The summed E-state index contributed by atoms with van der Waals surface area (Å²) in [4.78, 5) is 21.3. The standard InChI is InChI=1S/C10H7F3O3/c1-4-6(11)2-5(10(13)9(4)12)7(14)3-8(15)16/h2H,3H2,1H3,(H,15,16). The molecule has 1 aromatic rings. The highest BCUT2D eigenvalue weighted by molar-refractivity contribution is 6.05. The molecule has 1 N–H and O–H groups in total. The highest BCUT2D eigenvalue weighted by atomic mass is 19.2. The fourth-order valence-corrected chi connectivity index (χ4v) is 1.12. The van der Waals surface area contributed by atoms with Crippen molar-refractivity contribution in [1.82, 2.24) is 0 Å². The molecule has 0 spiro atoms. The number of carbonyl (C=O) groups is 2. The van der Waals surface area contributed by atoms with E-state index in [0.717, 1.165) is 6.92 Å². The molecule has 0 radical (unpaired) electrons. The minimum absolute atomic E-state index is 0.499. The van der Waals surface area contributed by atoms with Crippen LogP contribution in [0.4, 0.5) is 13.2 Å². The smallest absolute Gasteiger partial charge is 0.311 e. The maximum Gasteiger partial charge on any atom is 0.311 e. The van der Waals surface area contributed by atoms with E-state index in [-0.39, 0.29) is 0 Å². The summed E-state index contributed by atoms with van der Waals surface area (Å²) >= 11 is 0. The number of benzene rings is 1. The monoisotopic (exact) mass is 232 g/mol. The number of halogens is 3. The van der Waals surface area contributed by atoms with Crippen LogP contribution >= 0.6 is 0 Å². The zero-order valence-corrected chi connectivity index (χ0v) is 8.18. The van der Waals surface area contributed by atoms with Gasteiger partial charge >= 0.3 is 5.97 Å². The molecule has 1 aromatic carbocycles. The fourth-order valence-electron chi connectivity index (χ4n) is 1.12. The van der Waals surface area contributed by atoms with Crippen molar-refractivity contribution in [2.24, 2.45) is 0 Å². The second-order valence-corrected chi connectivity index (χ2v) is 3.15. The minimum Gasteiger partial charge on any atom is -0.481 e. The average molecular weight is 232 g/mol. The van der Waals surface area contributed by atoms with Crippen LogP contribution in [0.15, 0.2) is 6.07 Å². The summed E-state index contributed by atoms with van der Waals surface area (Å²) in [6, 6.07) is 0.499. The second kappa shape index (κ2) is 4.34. The molecule has 0 atom stereocenters. The lowest BCUT2D eigenvalue weighted by molar-refractivity contribution is -0.135. The highest BCUT2D eigenvalue weighted by Gasteiger charge is 2.21. The number of aliphatic carboxylic acids is 1. The molecule has 0 aromatic heterocycles. The molecule has 0 aliphatic carbocycles. The van der Waals surface area contributed by atoms with E-state index < -0.39 is 46.8 Å². The van der Waals surface area contributed by atoms with Gasteiger partial charge < -0.3 is 5.11 Å². The topological polar surface area (TPSA) is 54.4 Å². The Kier molecular flexibility index (Phi) is 3.31. The fraction of sp³-hybridized carbons (Fsp3) is 0.200. The van der Waals surface area contributed by atoms with E-state index in [1.165, 1.54) is 0 Å². The molecule has 6 heteroatoms. The van der Waals surface area contributed by atoms with Gasteiger partial charge in [0.2, 0.25) is 0 Å². The van der Waals surface area contributed by atoms with Crippen molar-refractivity contribution in [1.29, 1.82) is 0 Å². The van der Waals surface area contributed by atoms with Crippen molar-refractivity contribution in [2.45, 2.75) is 13.3 Å². The molecular weight excluding hydrogens is 225 g/mol. The third-order valence-electron chi connectivity index (χ3n) is 2.00. The van der Waals surface area contributed by atoms with Gasteiger partial charge in [-0.2, -0.15) is 0 Å². The highest BCUT2D eigenvalue weighted by Crippen LogP contribution is 2.20. The Balaban J connectivity index is 3.25. The average Bonchev–Trinajstić information content (AvgIpc) is 2.19. The molecule has 3 nitrogen and oxygen atoms in total. The number of hydrogen-bond acceptors (Lipinski definition) is 2. The van der Waals surface area contributed by atoms with E-state index in [1.54, 1.807) is 0 Å². The van der Waals surface area contributed by atoms with Gasteiger partial charge in [-0.05, 0) is 13.0 Å². The summed E-state index contributed by atoms with van der Waals surface area (Å²) in [6.07, 6.45) is -1.02. The van der Waals surface area contributed by atoms with Gasteiger partial charge in [-0.3, -0.25) is 9.59 Å². The van der Waals surface area contributed by atoms with E-state index >= 15 is 0 Å². The van der Waals surface area contributed by atoms with Crippen LogP contribution in [-0.2, 0) is 4.79 Å². The van der Waals surface area contributed by atoms with Crippen LogP contribution in [0, 0.1) is 24.4 Å². The second-order valence-electron chi connectivity index (χ2n) is 3.15. The van der Waals surface area contributed by atoms with E-state index in [9.17, 15) is 22.8 Å². The first-order valence-corrected chi connectivity index (χ1v) is 4.23. The lowest BCUT2D eigenvalue weighted by Crippen LogP contribution is -2.11. The number of carbonyl (C=O) groups excluding carboxylic acids is 1. The summed E-state index contributed by atoms with van der Waals surface area (Å²) in [5, 5.41) is 8.30. The van der Waals surface area contributed by atoms with Crippen LogP contribution in [0.2, 0.25) is 0 Å². The lowest BCUT2D eigenvalue weighted by atomic mass is 10.0. The van der Waals surface area contributed by atoms with Crippen LogP contribution < -0.4 is 0 Å². The van der Waals surface area contributed by atoms with E-state index in [4.69, 9.17) is 5.11 Å². The van der Waals surface area contributed by atoms with Crippen LogP contribution in [-0.4, -0.2) is 16.9 Å². The number of carboxylic acids is 1. The number of hydrogen-bond donors (Lipinski definition) is 1. The van der Waals surface area contributed by atoms with Crippen molar-refractivity contribution < 1.29 is 27.9 Å². The van der Waals surface area contributed by atoms with Crippen molar-refractivity contribution in [2.75, 3.05) is 0 Å². The SMILES string of the molecule is Cc1c(F)cc(C(=O)CC(=O)O)c(F)c1F. The minimum atomic E-state index is -1.52. The molecule has 0 aliphatic heterocycles. The van der Waals surface area contributed by atoms with Crippen molar-refractivity contribution in [3.63, 3.8) is 0 Å². The summed E-state index contributed by atoms with van der Waals surface area (Å²) < 4.78 is 39.2. The molecule has 0 saturated heterocycles. The number of Topliss-reactive ketones (excluding diaryl/α,β-unsaturated/α-hetero) is 1. The molecule has 0 fully saturated rings. The number of carboxylic acid groups (broad SMARTS) is 1. The maximum atomic E-state index is 13.2. The zero-order chi connectivity index (χ0) is 12.5. The number of ketones is 1. The Morgan fingerprint density at radius 3 is 2.31 bits per heavy atom. The van der Waals surface area contributed by atoms with Gasteiger partial charge in [-0.25, -0.2) is 13.2 Å². The van der Waals surface area contributed by atoms with Crippen LogP contribution in [0.3, 0.4) is 0 Å². The molecule has 0 bridgehead atoms. The van der Waals surface area contributed by atoms with Crippen molar-refractivity contribution >= 4 is 11.8 Å². The lowest BCUT2D eigenvalue weighted by Gasteiger charge is -2.05.